The van der Waals surface area contributed by atoms with Crippen LogP contribution >= 0.6 is 23.5 Å². The molecule has 3 heterocycles. The van der Waals surface area contributed by atoms with Crippen molar-refractivity contribution in [2.24, 2.45) is 0 Å². The molecule has 3 unspecified atom stereocenters. The standard InChI is InChI=1S/C57H39N3S2/c1-3-13-36(14-4-1)37-25-27-38(28-26-37)44-19-7-8-20-45(44)42-30-32-52-49(35-42)54-47(22-12-24-53(54)62-52)57-59-55(39-15-5-2-6-16-39)58-56(60-57)43-18-11-17-40(33-43)41-29-31-51-48(34-41)46-21-9-10-23-50(46)61-51/h1-30,32-35,47,51,54H,31H2. The first kappa shape index (κ1) is 37.0. The Morgan fingerprint density at radius 2 is 1.11 bits per heavy atom. The van der Waals surface area contributed by atoms with Gasteiger partial charge in [-0.05, 0) is 103 Å². The van der Waals surface area contributed by atoms with Gasteiger partial charge in [0, 0.05) is 38.0 Å². The second-order valence-corrected chi connectivity index (χ2v) is 18.5. The van der Waals surface area contributed by atoms with Crippen LogP contribution in [0.4, 0.5) is 0 Å². The Morgan fingerprint density at radius 3 is 1.92 bits per heavy atom. The van der Waals surface area contributed by atoms with Crippen molar-refractivity contribution in [3.8, 4) is 56.2 Å². The van der Waals surface area contributed by atoms with E-state index in [1.807, 2.05) is 29.6 Å². The SMILES string of the molecule is C1=CC(c2nc(-c3ccccc3)nc(-c3cccc(C4=CCC5Sc6ccccc6C5=C4)c3)n2)C2C(=C1)Sc1ccc(-c3ccccc3-c3ccc(-c4ccccc4)cc3)cc12. The van der Waals surface area contributed by atoms with E-state index in [9.17, 15) is 0 Å². The van der Waals surface area contributed by atoms with E-state index in [-0.39, 0.29) is 11.8 Å². The third kappa shape index (κ3) is 6.69. The Labute approximate surface area is 370 Å². The lowest BCUT2D eigenvalue weighted by molar-refractivity contribution is 0.671. The molecule has 1 aromatic heterocycles. The maximum Gasteiger partial charge on any atom is 0.163 e. The minimum Gasteiger partial charge on any atom is -0.212 e. The van der Waals surface area contributed by atoms with E-state index < -0.39 is 0 Å². The summed E-state index contributed by atoms with van der Waals surface area (Å²) in [6, 6.07) is 63.2. The molecule has 8 aromatic rings. The third-order valence-electron chi connectivity index (χ3n) is 12.5. The lowest BCUT2D eigenvalue weighted by atomic mass is 9.81. The molecule has 0 fully saturated rings. The Morgan fingerprint density at radius 1 is 0.484 bits per heavy atom. The second-order valence-electron chi connectivity index (χ2n) is 16.2. The molecule has 294 valence electrons. The van der Waals surface area contributed by atoms with Crippen LogP contribution in [-0.2, 0) is 0 Å². The van der Waals surface area contributed by atoms with Crippen molar-refractivity contribution in [1.29, 1.82) is 0 Å². The van der Waals surface area contributed by atoms with Crippen molar-refractivity contribution < 1.29 is 0 Å². The molecule has 0 saturated carbocycles. The van der Waals surface area contributed by atoms with Crippen LogP contribution in [0, 0.1) is 0 Å². The van der Waals surface area contributed by atoms with Crippen LogP contribution < -0.4 is 0 Å². The van der Waals surface area contributed by atoms with Crippen LogP contribution in [0.15, 0.2) is 221 Å². The Balaban J connectivity index is 0.913. The van der Waals surface area contributed by atoms with Crippen molar-refractivity contribution in [1.82, 2.24) is 15.0 Å². The van der Waals surface area contributed by atoms with Crippen molar-refractivity contribution in [3.63, 3.8) is 0 Å². The van der Waals surface area contributed by atoms with Crippen molar-refractivity contribution >= 4 is 34.7 Å². The van der Waals surface area contributed by atoms with Gasteiger partial charge in [0.05, 0.1) is 0 Å². The third-order valence-corrected chi connectivity index (χ3v) is 15.0. The molecule has 0 radical (unpaired) electrons. The normalized spacial score (nSPS) is 18.2. The van der Waals surface area contributed by atoms with Gasteiger partial charge in [0.25, 0.3) is 0 Å². The summed E-state index contributed by atoms with van der Waals surface area (Å²) >= 11 is 3.85. The number of rotatable bonds is 7. The summed E-state index contributed by atoms with van der Waals surface area (Å²) in [4.78, 5) is 19.8. The number of thioether (sulfide) groups is 2. The Bertz CT molecular complexity index is 3160. The Hall–Kier alpha value is -6.79. The van der Waals surface area contributed by atoms with Crippen molar-refractivity contribution in [2.45, 2.75) is 33.3 Å². The number of hydrogen-bond acceptors (Lipinski definition) is 5. The van der Waals surface area contributed by atoms with Crippen LogP contribution in [0.25, 0.3) is 67.3 Å². The largest absolute Gasteiger partial charge is 0.212 e. The number of nitrogens with zero attached hydrogens (tertiary/aromatic N) is 3. The number of fused-ring (bicyclic) bond motifs is 6. The number of aromatic nitrogens is 3. The van der Waals surface area contributed by atoms with Gasteiger partial charge in [0.2, 0.25) is 0 Å². The van der Waals surface area contributed by atoms with Crippen LogP contribution in [0.2, 0.25) is 0 Å². The second kappa shape index (κ2) is 15.6. The fourth-order valence-corrected chi connectivity index (χ4v) is 11.9. The lowest BCUT2D eigenvalue weighted by Gasteiger charge is -2.25. The number of benzene rings is 7. The summed E-state index contributed by atoms with van der Waals surface area (Å²) in [7, 11) is 0. The lowest BCUT2D eigenvalue weighted by Crippen LogP contribution is -2.15. The topological polar surface area (TPSA) is 38.7 Å². The molecule has 4 aliphatic rings. The summed E-state index contributed by atoms with van der Waals surface area (Å²) in [5, 5.41) is 0.476. The highest BCUT2D eigenvalue weighted by Gasteiger charge is 2.38. The minimum absolute atomic E-state index is 0.0742. The van der Waals surface area contributed by atoms with Crippen LogP contribution in [0.5, 0.6) is 0 Å². The van der Waals surface area contributed by atoms with Gasteiger partial charge in [0.1, 0.15) is 5.82 Å². The molecule has 0 amide bonds. The Kier molecular flexibility index (Phi) is 9.31. The highest BCUT2D eigenvalue weighted by molar-refractivity contribution is 8.03. The molecule has 62 heavy (non-hydrogen) atoms. The monoisotopic (exact) mass is 829 g/mol. The van der Waals surface area contributed by atoms with Gasteiger partial charge in [0.15, 0.2) is 11.6 Å². The van der Waals surface area contributed by atoms with Crippen LogP contribution in [0.1, 0.15) is 40.8 Å². The quantitative estimate of drug-likeness (QED) is 0.160. The van der Waals surface area contributed by atoms with E-state index in [0.717, 1.165) is 23.4 Å². The maximum atomic E-state index is 5.37. The van der Waals surface area contributed by atoms with Gasteiger partial charge >= 0.3 is 0 Å². The van der Waals surface area contributed by atoms with Crippen LogP contribution in [0.3, 0.4) is 0 Å². The summed E-state index contributed by atoms with van der Waals surface area (Å²) < 4.78 is 0. The number of hydrogen-bond donors (Lipinski definition) is 0. The van der Waals surface area contributed by atoms with Gasteiger partial charge in [-0.25, -0.2) is 15.0 Å². The van der Waals surface area contributed by atoms with Crippen molar-refractivity contribution in [3.05, 3.63) is 234 Å². The molecule has 5 heteroatoms. The molecule has 0 saturated heterocycles. The molecule has 0 bridgehead atoms. The van der Waals surface area contributed by atoms with Gasteiger partial charge in [-0.2, -0.15) is 0 Å². The summed E-state index contributed by atoms with van der Waals surface area (Å²) in [6.45, 7) is 0. The maximum absolute atomic E-state index is 5.37. The first-order valence-electron chi connectivity index (χ1n) is 21.3. The summed E-state index contributed by atoms with van der Waals surface area (Å²) in [5.74, 6) is 2.17. The summed E-state index contributed by atoms with van der Waals surface area (Å²) in [5.41, 5.74) is 15.8. The first-order chi connectivity index (χ1) is 30.7. The van der Waals surface area contributed by atoms with E-state index in [4.69, 9.17) is 15.0 Å². The molecular formula is C57H39N3S2. The number of allylic oxidation sites excluding steroid dienone is 7. The summed E-state index contributed by atoms with van der Waals surface area (Å²) in [6.07, 6.45) is 12.5. The zero-order valence-corrected chi connectivity index (χ0v) is 35.4. The van der Waals surface area contributed by atoms with Gasteiger partial charge < -0.3 is 0 Å². The highest BCUT2D eigenvalue weighted by Crippen LogP contribution is 2.57. The zero-order valence-electron chi connectivity index (χ0n) is 33.7. The molecule has 0 N–H and O–H groups in total. The average molecular weight is 830 g/mol. The smallest absolute Gasteiger partial charge is 0.163 e. The predicted octanol–water partition coefficient (Wildman–Crippen LogP) is 15.0. The molecule has 12 rings (SSSR count). The molecular weight excluding hydrogens is 791 g/mol. The minimum atomic E-state index is -0.0742. The van der Waals surface area contributed by atoms with E-state index in [2.05, 4.69) is 200 Å². The van der Waals surface area contributed by atoms with Crippen molar-refractivity contribution in [2.75, 3.05) is 0 Å². The van der Waals surface area contributed by atoms with Gasteiger partial charge in [-0.3, -0.25) is 0 Å². The van der Waals surface area contributed by atoms with E-state index in [1.165, 1.54) is 75.9 Å². The van der Waals surface area contributed by atoms with Gasteiger partial charge in [-0.1, -0.05) is 188 Å². The zero-order chi connectivity index (χ0) is 41.0. The fraction of sp³-hybridized carbons (Fsp3) is 0.0702. The van der Waals surface area contributed by atoms with Gasteiger partial charge in [-0.15, -0.1) is 11.8 Å². The molecule has 2 aliphatic carbocycles. The average Bonchev–Trinajstić information content (AvgIpc) is 3.92. The fourth-order valence-electron chi connectivity index (χ4n) is 9.41. The first-order valence-corrected chi connectivity index (χ1v) is 23.0. The predicted molar refractivity (Wildman–Crippen MR) is 259 cm³/mol. The van der Waals surface area contributed by atoms with E-state index in [1.54, 1.807) is 0 Å². The van der Waals surface area contributed by atoms with Crippen LogP contribution in [-0.4, -0.2) is 20.2 Å². The molecule has 7 aromatic carbocycles. The molecule has 2 aliphatic heterocycles. The molecule has 0 spiro atoms. The molecule has 3 nitrogen and oxygen atoms in total. The van der Waals surface area contributed by atoms with E-state index in [0.29, 0.717) is 16.9 Å². The highest BCUT2D eigenvalue weighted by atomic mass is 32.2. The molecule has 3 atom stereocenters. The van der Waals surface area contributed by atoms with E-state index >= 15 is 0 Å².